The molecule has 0 saturated heterocycles. The van der Waals surface area contributed by atoms with Crippen molar-refractivity contribution in [3.8, 4) is 11.4 Å². The molecule has 0 spiro atoms. The molecule has 0 aliphatic rings. The average Bonchev–Trinajstić information content (AvgIpc) is 3.38. The molecule has 196 valence electrons. The Kier molecular flexibility index (Phi) is 7.58. The van der Waals surface area contributed by atoms with Gasteiger partial charge in [0.25, 0.3) is 0 Å². The average molecular weight is 533 g/mol. The van der Waals surface area contributed by atoms with Crippen LogP contribution < -0.4 is 0 Å². The van der Waals surface area contributed by atoms with Crippen LogP contribution in [-0.2, 0) is 12.8 Å². The lowest BCUT2D eigenvalue weighted by Crippen LogP contribution is -2.53. The van der Waals surface area contributed by atoms with Gasteiger partial charge in [-0.1, -0.05) is 74.5 Å². The first kappa shape index (κ1) is 27.6. The maximum Gasteiger partial charge on any atom is 0.497 e. The molecule has 7 heteroatoms. The minimum Gasteiger partial charge on any atom is -0.328 e. The van der Waals surface area contributed by atoms with Crippen molar-refractivity contribution in [3.63, 3.8) is 0 Å². The molecule has 6 nitrogen and oxygen atoms in total. The van der Waals surface area contributed by atoms with Crippen LogP contribution in [0.15, 0.2) is 60.7 Å². The molecule has 0 bridgehead atoms. The van der Waals surface area contributed by atoms with Gasteiger partial charge < -0.3 is 8.47 Å². The largest absolute Gasteiger partial charge is 0.497 e. The third-order valence-electron chi connectivity index (χ3n) is 7.78. The van der Waals surface area contributed by atoms with Gasteiger partial charge in [0.15, 0.2) is 0 Å². The number of benzene rings is 2. The number of nitriles is 2. The van der Waals surface area contributed by atoms with Gasteiger partial charge in [0.1, 0.15) is 0 Å². The van der Waals surface area contributed by atoms with E-state index in [1.165, 1.54) is 0 Å². The van der Waals surface area contributed by atoms with Crippen molar-refractivity contribution in [1.29, 1.82) is 10.5 Å². The van der Waals surface area contributed by atoms with Gasteiger partial charge in [-0.25, -0.2) is 10.5 Å². The zero-order chi connectivity index (χ0) is 28.5. The molecule has 0 amide bonds. The summed E-state index contributed by atoms with van der Waals surface area (Å²) in [5, 5.41) is 21.9. The molecule has 0 atom stereocenters. The van der Waals surface area contributed by atoms with E-state index in [0.717, 1.165) is 22.3 Å². The Morgan fingerprint density at radius 3 is 1.28 bits per heavy atom. The minimum absolute atomic E-state index is 0.244. The Morgan fingerprint density at radius 1 is 0.667 bits per heavy atom. The third-order valence-corrected chi connectivity index (χ3v) is 10.8. The Bertz CT molecular complexity index is 1540. The topological polar surface area (TPSA) is 91.6 Å². The van der Waals surface area contributed by atoms with Crippen molar-refractivity contribution in [2.24, 2.45) is 0 Å². The van der Waals surface area contributed by atoms with Crippen LogP contribution in [-0.4, -0.2) is 28.4 Å². The van der Waals surface area contributed by atoms with Gasteiger partial charge >= 0.3 is 8.40 Å². The predicted octanol–water partition coefficient (Wildman–Crippen LogP) is 6.07. The lowest BCUT2D eigenvalue weighted by atomic mass is 10.0. The fraction of sp³-hybridized carbons (Fsp3) is 0.250. The molecule has 0 aliphatic heterocycles. The van der Waals surface area contributed by atoms with E-state index in [2.05, 4.69) is 11.4 Å². The van der Waals surface area contributed by atoms with Crippen LogP contribution in [0, 0.1) is 49.6 Å². The normalized spacial score (nSPS) is 11.2. The first-order chi connectivity index (χ1) is 18.7. The third kappa shape index (κ3) is 4.16. The summed E-state index contributed by atoms with van der Waals surface area (Å²) in [7, 11) is -4.12. The second kappa shape index (κ2) is 10.7. The van der Waals surface area contributed by atoms with E-state index in [4.69, 9.17) is 0 Å². The predicted molar refractivity (Wildman–Crippen MR) is 154 cm³/mol. The Hall–Kier alpha value is -4.46. The van der Waals surface area contributed by atoms with E-state index in [-0.39, 0.29) is 11.6 Å². The van der Waals surface area contributed by atoms with Crippen molar-refractivity contribution >= 4 is 20.0 Å². The van der Waals surface area contributed by atoms with Gasteiger partial charge in [0, 0.05) is 22.5 Å². The van der Waals surface area contributed by atoms with Crippen molar-refractivity contribution in [1.82, 2.24) is 8.47 Å². The van der Waals surface area contributed by atoms with E-state index < -0.39 is 8.40 Å². The zero-order valence-corrected chi connectivity index (χ0v) is 24.3. The van der Waals surface area contributed by atoms with Gasteiger partial charge in [-0.15, -0.1) is 0 Å². The number of ketones is 2. The number of hydrogen-bond donors (Lipinski definition) is 0. The maximum atomic E-state index is 14.0. The number of carbonyl (C=O) groups excluding carboxylic acids is 2. The molecule has 4 rings (SSSR count). The zero-order valence-electron chi connectivity index (χ0n) is 23.3. The summed E-state index contributed by atoms with van der Waals surface area (Å²) in [5.74, 6) is -0.488. The molecule has 0 radical (unpaired) electrons. The fourth-order valence-corrected chi connectivity index (χ4v) is 9.02. The van der Waals surface area contributed by atoms with E-state index in [1.807, 2.05) is 53.7 Å². The second-order valence-corrected chi connectivity index (χ2v) is 12.4. The maximum absolute atomic E-state index is 14.0. The van der Waals surface area contributed by atoms with Gasteiger partial charge in [0.05, 0.1) is 22.8 Å². The van der Waals surface area contributed by atoms with Crippen LogP contribution in [0.5, 0.6) is 0 Å². The molecule has 0 N–H and O–H groups in total. The first-order valence-electron chi connectivity index (χ1n) is 13.1. The molecule has 2 heterocycles. The van der Waals surface area contributed by atoms with E-state index >= 15 is 0 Å². The first-order valence-corrected chi connectivity index (χ1v) is 15.0. The Morgan fingerprint density at radius 2 is 1.00 bits per heavy atom. The fourth-order valence-electron chi connectivity index (χ4n) is 5.94. The van der Waals surface area contributed by atoms with Crippen molar-refractivity contribution < 1.29 is 9.59 Å². The van der Waals surface area contributed by atoms with Gasteiger partial charge in [0.2, 0.25) is 11.6 Å². The highest BCUT2D eigenvalue weighted by molar-refractivity contribution is 6.91. The smallest absolute Gasteiger partial charge is 0.328 e. The minimum atomic E-state index is -4.12. The number of hydrogen-bond acceptors (Lipinski definition) is 4. The molecule has 4 aromatic rings. The SMILES string of the molecule is CCc1c(C)c(C(=O)c2ccccc2)n([Si](C#N)(C#N)n2c(C)c(CC)c(C)c2C(=O)c2ccccc2)c1C. The van der Waals surface area contributed by atoms with Crippen LogP contribution in [0.25, 0.3) is 0 Å². The summed E-state index contributed by atoms with van der Waals surface area (Å²) in [6, 6.07) is 17.8. The summed E-state index contributed by atoms with van der Waals surface area (Å²) in [4.78, 5) is 28.1. The van der Waals surface area contributed by atoms with Gasteiger partial charge in [-0.2, -0.15) is 0 Å². The summed E-state index contributed by atoms with van der Waals surface area (Å²) in [5.41, 5.74) is 11.3. The van der Waals surface area contributed by atoms with Gasteiger partial charge in [-0.3, -0.25) is 9.59 Å². The summed E-state index contributed by atoms with van der Waals surface area (Å²) in [6.45, 7) is 11.5. The van der Waals surface area contributed by atoms with Crippen molar-refractivity contribution in [2.75, 3.05) is 0 Å². The summed E-state index contributed by atoms with van der Waals surface area (Å²) >= 11 is 0. The summed E-state index contributed by atoms with van der Waals surface area (Å²) in [6.07, 6.45) is 1.28. The molecule has 2 aromatic heterocycles. The number of rotatable bonds is 8. The highest BCUT2D eigenvalue weighted by atomic mass is 28.3. The van der Waals surface area contributed by atoms with Crippen LogP contribution in [0.3, 0.4) is 0 Å². The van der Waals surface area contributed by atoms with Crippen molar-refractivity contribution in [3.05, 3.63) is 117 Å². The standard InChI is InChI=1S/C32H32N4O2Si/c1-7-27-21(3)29(31(37)25-15-11-9-12-16-25)35(23(27)5)39(19-33,20-34)36-24(6)28(8-2)22(4)30(36)32(38)26-17-13-10-14-18-26/h9-18H,7-8H2,1-6H3. The molecular formula is C32H32N4O2Si. The summed E-state index contributed by atoms with van der Waals surface area (Å²) < 4.78 is 3.40. The van der Waals surface area contributed by atoms with Gasteiger partial charge in [-0.05, 0) is 62.8 Å². The van der Waals surface area contributed by atoms with Crippen molar-refractivity contribution in [2.45, 2.75) is 54.4 Å². The second-order valence-electron chi connectivity index (χ2n) is 9.74. The number of aromatic nitrogens is 2. The molecular weight excluding hydrogens is 500 g/mol. The monoisotopic (exact) mass is 532 g/mol. The van der Waals surface area contributed by atoms with Crippen LogP contribution in [0.2, 0.25) is 0 Å². The Labute approximate surface area is 230 Å². The lowest BCUT2D eigenvalue weighted by Gasteiger charge is -2.27. The van der Waals surface area contributed by atoms with Crippen LogP contribution in [0.1, 0.15) is 79.6 Å². The van der Waals surface area contributed by atoms with E-state index in [9.17, 15) is 20.1 Å². The van der Waals surface area contributed by atoms with E-state index in [0.29, 0.717) is 46.7 Å². The highest BCUT2D eigenvalue weighted by Crippen LogP contribution is 2.34. The molecule has 0 unspecified atom stereocenters. The molecule has 0 saturated carbocycles. The number of carbonyl (C=O) groups is 2. The molecule has 0 aliphatic carbocycles. The van der Waals surface area contributed by atoms with Crippen LogP contribution in [0.4, 0.5) is 0 Å². The molecule has 0 fully saturated rings. The van der Waals surface area contributed by atoms with Crippen LogP contribution >= 0.6 is 0 Å². The Balaban J connectivity index is 2.15. The highest BCUT2D eigenvalue weighted by Gasteiger charge is 2.49. The van der Waals surface area contributed by atoms with E-state index in [1.54, 1.807) is 57.0 Å². The number of nitrogens with zero attached hydrogens (tertiary/aromatic N) is 4. The molecule has 2 aromatic carbocycles. The molecule has 39 heavy (non-hydrogen) atoms. The lowest BCUT2D eigenvalue weighted by molar-refractivity contribution is 0.102. The quantitative estimate of drug-likeness (QED) is 0.203.